The van der Waals surface area contributed by atoms with E-state index in [4.69, 9.17) is 0 Å². The van der Waals surface area contributed by atoms with E-state index < -0.39 is 10.0 Å². The number of hydrogen-bond donors (Lipinski definition) is 0. The number of carbonyl (C=O) groups excluding carboxylic acids is 1. The SMILES string of the molecule is CCCCCCN1C(=O)c2ccccc2S1(=O)=O. The number of nitrogens with zero attached hydrogens (tertiary/aromatic N) is 1. The van der Waals surface area contributed by atoms with Crippen LogP contribution in [0.2, 0.25) is 0 Å². The molecule has 0 fully saturated rings. The monoisotopic (exact) mass is 267 g/mol. The van der Waals surface area contributed by atoms with Crippen LogP contribution < -0.4 is 0 Å². The summed E-state index contributed by atoms with van der Waals surface area (Å²) in [5, 5.41) is 0. The lowest BCUT2D eigenvalue weighted by Gasteiger charge is -2.14. The summed E-state index contributed by atoms with van der Waals surface area (Å²) in [6.07, 6.45) is 3.83. The molecule has 5 heteroatoms. The first-order valence-corrected chi connectivity index (χ1v) is 7.69. The minimum absolute atomic E-state index is 0.144. The zero-order chi connectivity index (χ0) is 13.2. The van der Waals surface area contributed by atoms with Crippen molar-refractivity contribution in [2.75, 3.05) is 6.54 Å². The Bertz CT molecular complexity index is 551. The minimum atomic E-state index is -3.60. The molecule has 0 bridgehead atoms. The van der Waals surface area contributed by atoms with Crippen molar-refractivity contribution >= 4 is 15.9 Å². The van der Waals surface area contributed by atoms with E-state index in [0.29, 0.717) is 5.56 Å². The number of unbranched alkanes of at least 4 members (excludes halogenated alkanes) is 3. The van der Waals surface area contributed by atoms with Crippen LogP contribution in [0, 0.1) is 0 Å². The van der Waals surface area contributed by atoms with Gasteiger partial charge in [-0.05, 0) is 18.6 Å². The van der Waals surface area contributed by atoms with Crippen LogP contribution in [0.3, 0.4) is 0 Å². The molecule has 0 atom stereocenters. The zero-order valence-electron chi connectivity index (χ0n) is 10.4. The second kappa shape index (κ2) is 5.10. The molecule has 1 heterocycles. The van der Waals surface area contributed by atoms with Crippen molar-refractivity contribution in [1.29, 1.82) is 0 Å². The fourth-order valence-electron chi connectivity index (χ4n) is 2.13. The molecule has 1 amide bonds. The van der Waals surface area contributed by atoms with Gasteiger partial charge in [-0.25, -0.2) is 12.7 Å². The van der Waals surface area contributed by atoms with Gasteiger partial charge in [0.1, 0.15) is 4.90 Å². The summed E-state index contributed by atoms with van der Waals surface area (Å²) >= 11 is 0. The summed E-state index contributed by atoms with van der Waals surface area (Å²) in [6.45, 7) is 2.38. The third-order valence-electron chi connectivity index (χ3n) is 3.13. The van der Waals surface area contributed by atoms with Gasteiger partial charge in [0.15, 0.2) is 0 Å². The van der Waals surface area contributed by atoms with Crippen molar-refractivity contribution in [3.8, 4) is 0 Å². The van der Waals surface area contributed by atoms with E-state index in [1.807, 2.05) is 0 Å². The van der Waals surface area contributed by atoms with Crippen molar-refractivity contribution in [3.63, 3.8) is 0 Å². The number of amides is 1. The molecule has 1 aliphatic rings. The molecule has 0 N–H and O–H groups in total. The molecule has 1 aromatic carbocycles. The predicted octanol–water partition coefficient (Wildman–Crippen LogP) is 2.41. The molecular weight excluding hydrogens is 250 g/mol. The Balaban J connectivity index is 2.18. The normalized spacial score (nSPS) is 16.9. The Morgan fingerprint density at radius 3 is 2.50 bits per heavy atom. The Morgan fingerprint density at radius 1 is 1.11 bits per heavy atom. The lowest BCUT2D eigenvalue weighted by Crippen LogP contribution is -2.30. The summed E-state index contributed by atoms with van der Waals surface area (Å²) in [4.78, 5) is 12.2. The maximum Gasteiger partial charge on any atom is 0.269 e. The molecule has 98 valence electrons. The number of hydrogen-bond acceptors (Lipinski definition) is 3. The fraction of sp³-hybridized carbons (Fsp3) is 0.462. The fourth-order valence-corrected chi connectivity index (χ4v) is 3.74. The standard InChI is InChI=1S/C13H17NO3S/c1-2-3-4-7-10-14-13(15)11-8-5-6-9-12(11)18(14,16)17/h5-6,8-9H,2-4,7,10H2,1H3. The van der Waals surface area contributed by atoms with E-state index in [-0.39, 0.29) is 17.3 Å². The van der Waals surface area contributed by atoms with Gasteiger partial charge in [-0.15, -0.1) is 0 Å². The van der Waals surface area contributed by atoms with E-state index in [9.17, 15) is 13.2 Å². The van der Waals surface area contributed by atoms with Crippen LogP contribution in [0.15, 0.2) is 29.2 Å². The summed E-state index contributed by atoms with van der Waals surface area (Å²) in [7, 11) is -3.60. The quantitative estimate of drug-likeness (QED) is 0.770. The number of rotatable bonds is 5. The molecule has 0 radical (unpaired) electrons. The highest BCUT2D eigenvalue weighted by Crippen LogP contribution is 2.30. The summed E-state index contributed by atoms with van der Waals surface area (Å²) in [6, 6.07) is 6.40. The number of sulfonamides is 1. The van der Waals surface area contributed by atoms with Gasteiger partial charge in [0.25, 0.3) is 15.9 Å². The van der Waals surface area contributed by atoms with Crippen LogP contribution in [-0.2, 0) is 10.0 Å². The Kier molecular flexibility index (Phi) is 3.71. The van der Waals surface area contributed by atoms with E-state index >= 15 is 0 Å². The second-order valence-electron chi connectivity index (χ2n) is 4.44. The van der Waals surface area contributed by atoms with Crippen molar-refractivity contribution in [1.82, 2.24) is 4.31 Å². The van der Waals surface area contributed by atoms with Gasteiger partial charge in [0, 0.05) is 6.54 Å². The topological polar surface area (TPSA) is 54.5 Å². The Morgan fingerprint density at radius 2 is 1.83 bits per heavy atom. The lowest BCUT2D eigenvalue weighted by atomic mass is 10.2. The van der Waals surface area contributed by atoms with Gasteiger partial charge >= 0.3 is 0 Å². The van der Waals surface area contributed by atoms with Crippen LogP contribution in [0.25, 0.3) is 0 Å². The highest BCUT2D eigenvalue weighted by Gasteiger charge is 2.40. The average molecular weight is 267 g/mol. The average Bonchev–Trinajstić information content (AvgIpc) is 2.55. The van der Waals surface area contributed by atoms with E-state index in [1.54, 1.807) is 18.2 Å². The molecule has 4 nitrogen and oxygen atoms in total. The third-order valence-corrected chi connectivity index (χ3v) is 4.97. The molecule has 0 saturated carbocycles. The third kappa shape index (κ3) is 2.14. The van der Waals surface area contributed by atoms with Crippen molar-refractivity contribution < 1.29 is 13.2 Å². The molecule has 0 aromatic heterocycles. The van der Waals surface area contributed by atoms with Crippen LogP contribution in [0.5, 0.6) is 0 Å². The largest absolute Gasteiger partial charge is 0.269 e. The highest BCUT2D eigenvalue weighted by atomic mass is 32.2. The zero-order valence-corrected chi connectivity index (χ0v) is 11.2. The number of fused-ring (bicyclic) bond motifs is 1. The van der Waals surface area contributed by atoms with Gasteiger partial charge in [-0.2, -0.15) is 0 Å². The van der Waals surface area contributed by atoms with Gasteiger partial charge in [0.05, 0.1) is 5.56 Å². The molecule has 0 saturated heterocycles. The van der Waals surface area contributed by atoms with Gasteiger partial charge in [0.2, 0.25) is 0 Å². The van der Waals surface area contributed by atoms with Crippen molar-refractivity contribution in [3.05, 3.63) is 29.8 Å². The second-order valence-corrected chi connectivity index (χ2v) is 6.27. The number of carbonyl (C=O) groups is 1. The molecular formula is C13H17NO3S. The van der Waals surface area contributed by atoms with Crippen LogP contribution in [0.1, 0.15) is 43.0 Å². The first-order chi connectivity index (χ1) is 8.59. The molecule has 0 spiro atoms. The minimum Gasteiger partial charge on any atom is -0.268 e. The molecule has 1 aromatic rings. The summed E-state index contributed by atoms with van der Waals surface area (Å²) in [5.41, 5.74) is 0.299. The first kappa shape index (κ1) is 13.1. The van der Waals surface area contributed by atoms with Crippen molar-refractivity contribution in [2.24, 2.45) is 0 Å². The molecule has 2 rings (SSSR count). The summed E-state index contributed by atoms with van der Waals surface area (Å²) < 4.78 is 25.3. The smallest absolute Gasteiger partial charge is 0.268 e. The Labute approximate surface area is 108 Å². The maximum absolute atomic E-state index is 12.2. The highest BCUT2D eigenvalue weighted by molar-refractivity contribution is 7.90. The summed E-state index contributed by atoms with van der Waals surface area (Å²) in [5.74, 6) is -0.387. The molecule has 0 unspecified atom stereocenters. The van der Waals surface area contributed by atoms with E-state index in [2.05, 4.69) is 6.92 Å². The predicted molar refractivity (Wildman–Crippen MR) is 68.8 cm³/mol. The Hall–Kier alpha value is -1.36. The number of benzene rings is 1. The van der Waals surface area contributed by atoms with Gasteiger partial charge in [-0.1, -0.05) is 38.3 Å². The maximum atomic E-state index is 12.2. The van der Waals surface area contributed by atoms with E-state index in [1.165, 1.54) is 6.07 Å². The van der Waals surface area contributed by atoms with Crippen LogP contribution in [-0.4, -0.2) is 25.2 Å². The lowest BCUT2D eigenvalue weighted by molar-refractivity contribution is 0.0869. The molecule has 18 heavy (non-hydrogen) atoms. The van der Waals surface area contributed by atoms with Crippen molar-refractivity contribution in [2.45, 2.75) is 37.5 Å². The van der Waals surface area contributed by atoms with Crippen LogP contribution >= 0.6 is 0 Å². The van der Waals surface area contributed by atoms with Gasteiger partial charge < -0.3 is 0 Å². The molecule has 0 aliphatic carbocycles. The van der Waals surface area contributed by atoms with E-state index in [0.717, 1.165) is 30.0 Å². The molecule has 1 aliphatic heterocycles. The van der Waals surface area contributed by atoms with Crippen LogP contribution in [0.4, 0.5) is 0 Å². The van der Waals surface area contributed by atoms with Gasteiger partial charge in [-0.3, -0.25) is 4.79 Å². The first-order valence-electron chi connectivity index (χ1n) is 6.25.